The highest BCUT2D eigenvalue weighted by Crippen LogP contribution is 2.18. The Hall–Kier alpha value is -2.44. The number of aromatic carboxylic acids is 1. The third-order valence-corrected chi connectivity index (χ3v) is 2.13. The van der Waals surface area contributed by atoms with Crippen LogP contribution in [0, 0.1) is 11.6 Å². The molecular formula is C11H8F2N2O3. The Bertz CT molecular complexity index is 583. The van der Waals surface area contributed by atoms with E-state index in [0.717, 1.165) is 12.1 Å². The van der Waals surface area contributed by atoms with Gasteiger partial charge < -0.3 is 9.84 Å². The van der Waals surface area contributed by atoms with Crippen LogP contribution in [0.25, 0.3) is 0 Å². The Labute approximate surface area is 100 Å². The molecule has 0 unspecified atom stereocenters. The summed E-state index contributed by atoms with van der Waals surface area (Å²) in [7, 11) is 0. The average Bonchev–Trinajstić information content (AvgIpc) is 2.76. The SMILES string of the molecule is O=C(O)c1cc(COc2ccc(F)cc2F)[nH]n1. The number of H-pyrrole nitrogens is 1. The number of carboxylic acid groups (broad SMARTS) is 1. The molecule has 1 aromatic carbocycles. The van der Waals surface area contributed by atoms with Crippen LogP contribution in [0.3, 0.4) is 0 Å². The molecule has 7 heteroatoms. The van der Waals surface area contributed by atoms with E-state index >= 15 is 0 Å². The molecule has 2 N–H and O–H groups in total. The Morgan fingerprint density at radius 1 is 1.39 bits per heavy atom. The highest BCUT2D eigenvalue weighted by atomic mass is 19.1. The number of rotatable bonds is 4. The van der Waals surface area contributed by atoms with Gasteiger partial charge in [0.05, 0.1) is 5.69 Å². The monoisotopic (exact) mass is 254 g/mol. The summed E-state index contributed by atoms with van der Waals surface area (Å²) in [6, 6.07) is 4.18. The third kappa shape index (κ3) is 2.62. The minimum absolute atomic E-state index is 0.0944. The first-order valence-electron chi connectivity index (χ1n) is 4.91. The first kappa shape index (κ1) is 12.0. The number of nitrogens with one attached hydrogen (secondary N) is 1. The van der Waals surface area contributed by atoms with E-state index in [1.54, 1.807) is 0 Å². The van der Waals surface area contributed by atoms with Crippen molar-refractivity contribution in [3.63, 3.8) is 0 Å². The van der Waals surface area contributed by atoms with Gasteiger partial charge in [-0.15, -0.1) is 0 Å². The van der Waals surface area contributed by atoms with Crippen LogP contribution >= 0.6 is 0 Å². The molecule has 0 spiro atoms. The van der Waals surface area contributed by atoms with Crippen molar-refractivity contribution in [1.29, 1.82) is 0 Å². The van der Waals surface area contributed by atoms with Crippen LogP contribution in [0.2, 0.25) is 0 Å². The van der Waals surface area contributed by atoms with Crippen LogP contribution in [0.15, 0.2) is 24.3 Å². The lowest BCUT2D eigenvalue weighted by atomic mass is 10.3. The molecule has 0 bridgehead atoms. The maximum atomic E-state index is 13.2. The van der Waals surface area contributed by atoms with Gasteiger partial charge in [-0.05, 0) is 18.2 Å². The summed E-state index contributed by atoms with van der Waals surface area (Å²) >= 11 is 0. The van der Waals surface area contributed by atoms with Crippen molar-refractivity contribution >= 4 is 5.97 Å². The molecule has 0 radical (unpaired) electrons. The zero-order chi connectivity index (χ0) is 13.1. The van der Waals surface area contributed by atoms with Crippen LogP contribution in [-0.2, 0) is 6.61 Å². The van der Waals surface area contributed by atoms with Gasteiger partial charge in [0.15, 0.2) is 17.3 Å². The molecule has 0 atom stereocenters. The Balaban J connectivity index is 2.04. The number of ether oxygens (including phenoxy) is 1. The summed E-state index contributed by atoms with van der Waals surface area (Å²) in [5, 5.41) is 14.6. The summed E-state index contributed by atoms with van der Waals surface area (Å²) in [5.41, 5.74) is 0.212. The quantitative estimate of drug-likeness (QED) is 0.874. The van der Waals surface area contributed by atoms with Gasteiger partial charge in [-0.1, -0.05) is 0 Å². The number of hydrogen-bond acceptors (Lipinski definition) is 3. The van der Waals surface area contributed by atoms with Crippen LogP contribution in [0.1, 0.15) is 16.2 Å². The first-order chi connectivity index (χ1) is 8.56. The van der Waals surface area contributed by atoms with E-state index in [1.165, 1.54) is 6.07 Å². The summed E-state index contributed by atoms with van der Waals surface area (Å²) in [6.07, 6.45) is 0. The van der Waals surface area contributed by atoms with Crippen molar-refractivity contribution in [1.82, 2.24) is 10.2 Å². The lowest BCUT2D eigenvalue weighted by Crippen LogP contribution is -1.98. The fraction of sp³-hybridized carbons (Fsp3) is 0.0909. The fourth-order valence-electron chi connectivity index (χ4n) is 1.29. The summed E-state index contributed by atoms with van der Waals surface area (Å²) in [4.78, 5) is 10.6. The highest BCUT2D eigenvalue weighted by Gasteiger charge is 2.10. The zero-order valence-corrected chi connectivity index (χ0v) is 8.98. The topological polar surface area (TPSA) is 75.2 Å². The van der Waals surface area contributed by atoms with Gasteiger partial charge in [0, 0.05) is 6.07 Å². The molecule has 94 valence electrons. The van der Waals surface area contributed by atoms with E-state index in [9.17, 15) is 13.6 Å². The molecule has 0 aliphatic rings. The van der Waals surface area contributed by atoms with Crippen molar-refractivity contribution < 1.29 is 23.4 Å². The zero-order valence-electron chi connectivity index (χ0n) is 8.98. The molecule has 1 aromatic heterocycles. The molecule has 0 saturated carbocycles. The number of aromatic nitrogens is 2. The number of benzene rings is 1. The second-order valence-corrected chi connectivity index (χ2v) is 3.45. The van der Waals surface area contributed by atoms with Crippen molar-refractivity contribution in [2.75, 3.05) is 0 Å². The summed E-state index contributed by atoms with van der Waals surface area (Å²) < 4.78 is 30.9. The number of halogens is 2. The number of nitrogens with zero attached hydrogens (tertiary/aromatic N) is 1. The van der Waals surface area contributed by atoms with Crippen molar-refractivity contribution in [3.8, 4) is 5.75 Å². The van der Waals surface area contributed by atoms with Gasteiger partial charge >= 0.3 is 5.97 Å². The van der Waals surface area contributed by atoms with E-state index in [1.807, 2.05) is 0 Å². The van der Waals surface area contributed by atoms with Gasteiger partial charge in [0.25, 0.3) is 0 Å². The molecule has 0 aliphatic carbocycles. The lowest BCUT2D eigenvalue weighted by molar-refractivity contribution is 0.0690. The van der Waals surface area contributed by atoms with E-state index in [0.29, 0.717) is 11.8 Å². The second kappa shape index (κ2) is 4.82. The van der Waals surface area contributed by atoms with E-state index < -0.39 is 17.6 Å². The van der Waals surface area contributed by atoms with Crippen LogP contribution in [-0.4, -0.2) is 21.3 Å². The molecule has 18 heavy (non-hydrogen) atoms. The molecule has 5 nitrogen and oxygen atoms in total. The fourth-order valence-corrected chi connectivity index (χ4v) is 1.29. The van der Waals surface area contributed by atoms with Crippen molar-refractivity contribution in [2.24, 2.45) is 0 Å². The summed E-state index contributed by atoms with van der Waals surface area (Å²) in [6.45, 7) is -0.0944. The minimum atomic E-state index is -1.18. The van der Waals surface area contributed by atoms with Crippen molar-refractivity contribution in [2.45, 2.75) is 6.61 Å². The molecule has 1 heterocycles. The van der Waals surface area contributed by atoms with Gasteiger partial charge in [0.1, 0.15) is 12.4 Å². The van der Waals surface area contributed by atoms with Crippen LogP contribution in [0.5, 0.6) is 5.75 Å². The largest absolute Gasteiger partial charge is 0.484 e. The van der Waals surface area contributed by atoms with E-state index in [-0.39, 0.29) is 18.1 Å². The lowest BCUT2D eigenvalue weighted by Gasteiger charge is -2.05. The molecule has 2 rings (SSSR count). The predicted octanol–water partition coefficient (Wildman–Crippen LogP) is 1.97. The predicted molar refractivity (Wildman–Crippen MR) is 56.2 cm³/mol. The van der Waals surface area contributed by atoms with E-state index in [4.69, 9.17) is 9.84 Å². The third-order valence-electron chi connectivity index (χ3n) is 2.13. The molecule has 0 amide bonds. The highest BCUT2D eigenvalue weighted by molar-refractivity contribution is 5.85. The normalized spacial score (nSPS) is 10.3. The smallest absolute Gasteiger partial charge is 0.356 e. The molecule has 0 saturated heterocycles. The Morgan fingerprint density at radius 2 is 2.17 bits per heavy atom. The molecule has 0 aliphatic heterocycles. The number of hydrogen-bond donors (Lipinski definition) is 2. The standard InChI is InChI=1S/C11H8F2N2O3/c12-6-1-2-10(8(13)3-6)18-5-7-4-9(11(16)17)15-14-7/h1-4H,5H2,(H,14,15)(H,16,17). The van der Waals surface area contributed by atoms with E-state index in [2.05, 4.69) is 10.2 Å². The number of carbonyl (C=O) groups is 1. The number of carboxylic acids is 1. The summed E-state index contributed by atoms with van der Waals surface area (Å²) in [5.74, 6) is -2.82. The van der Waals surface area contributed by atoms with Gasteiger partial charge in [0.2, 0.25) is 0 Å². The van der Waals surface area contributed by atoms with Gasteiger partial charge in [-0.25, -0.2) is 13.6 Å². The van der Waals surface area contributed by atoms with Gasteiger partial charge in [-0.2, -0.15) is 5.10 Å². The average molecular weight is 254 g/mol. The molecular weight excluding hydrogens is 246 g/mol. The molecule has 0 fully saturated rings. The van der Waals surface area contributed by atoms with Crippen molar-refractivity contribution in [3.05, 3.63) is 47.3 Å². The van der Waals surface area contributed by atoms with Gasteiger partial charge in [-0.3, -0.25) is 5.10 Å². The maximum absolute atomic E-state index is 13.2. The Kier molecular flexibility index (Phi) is 3.22. The maximum Gasteiger partial charge on any atom is 0.356 e. The Morgan fingerprint density at radius 3 is 2.78 bits per heavy atom. The second-order valence-electron chi connectivity index (χ2n) is 3.45. The molecule has 2 aromatic rings. The number of aromatic amines is 1. The first-order valence-corrected chi connectivity index (χ1v) is 4.91. The minimum Gasteiger partial charge on any atom is -0.484 e. The van der Waals surface area contributed by atoms with Crippen LogP contribution < -0.4 is 4.74 Å². The van der Waals surface area contributed by atoms with Crippen LogP contribution in [0.4, 0.5) is 8.78 Å².